The van der Waals surface area contributed by atoms with Gasteiger partial charge in [0.15, 0.2) is 0 Å². The van der Waals surface area contributed by atoms with Crippen molar-refractivity contribution in [3.63, 3.8) is 0 Å². The Balaban J connectivity index is 3.05. The highest BCUT2D eigenvalue weighted by Gasteiger charge is 2.29. The molecule has 0 unspecified atom stereocenters. The quantitative estimate of drug-likeness (QED) is 0.386. The van der Waals surface area contributed by atoms with E-state index in [0.717, 1.165) is 0 Å². The lowest BCUT2D eigenvalue weighted by Gasteiger charge is -1.85. The van der Waals surface area contributed by atoms with E-state index in [0.29, 0.717) is 17.6 Å². The van der Waals surface area contributed by atoms with Crippen molar-refractivity contribution < 1.29 is 9.59 Å². The van der Waals surface area contributed by atoms with Gasteiger partial charge in [0.1, 0.15) is 0 Å². The Kier molecular flexibility index (Phi) is 2.03. The molecule has 0 amide bonds. The summed E-state index contributed by atoms with van der Waals surface area (Å²) < 4.78 is 0. The molecule has 11 heavy (non-hydrogen) atoms. The van der Waals surface area contributed by atoms with Crippen LogP contribution in [-0.2, 0) is 9.59 Å². The number of ketones is 2. The summed E-state index contributed by atoms with van der Waals surface area (Å²) in [6.45, 7) is 3.55. The molecule has 1 aliphatic carbocycles. The average Bonchev–Trinajstić information content (AvgIpc) is 2.30. The number of carbonyl (C=O) groups excluding carboxylic acids is 2. The van der Waals surface area contributed by atoms with Crippen LogP contribution in [0.25, 0.3) is 0 Å². The topological polar surface area (TPSA) is 34.1 Å². The normalized spacial score (nSPS) is 25.6. The van der Waals surface area contributed by atoms with Gasteiger partial charge in [0, 0.05) is 17.6 Å². The van der Waals surface area contributed by atoms with Crippen LogP contribution in [0.15, 0.2) is 23.3 Å². The third kappa shape index (κ3) is 1.16. The maximum atomic E-state index is 11.0. The van der Waals surface area contributed by atoms with Gasteiger partial charge in [-0.05, 0) is 13.8 Å². The molecule has 0 aromatic rings. The Labute approximate surface area is 65.6 Å². The van der Waals surface area contributed by atoms with E-state index in [2.05, 4.69) is 0 Å². The molecular weight excluding hydrogens is 140 g/mol. The highest BCUT2D eigenvalue weighted by molar-refractivity contribution is 6.52. The van der Waals surface area contributed by atoms with Gasteiger partial charge < -0.3 is 0 Å². The SMILES string of the molecule is CC=C1CC(=CC)C(=O)C1=O. The lowest BCUT2D eigenvalue weighted by atomic mass is 10.2. The van der Waals surface area contributed by atoms with Crippen molar-refractivity contribution in [2.24, 2.45) is 0 Å². The zero-order chi connectivity index (χ0) is 8.43. The Morgan fingerprint density at radius 3 is 1.55 bits per heavy atom. The minimum absolute atomic E-state index is 0.333. The first-order valence-corrected chi connectivity index (χ1v) is 3.60. The number of Topliss-reactive ketones (excluding diaryl/α,β-unsaturated/α-hetero) is 2. The standard InChI is InChI=1S/C9H10O2/c1-3-6-5-7(4-2)9(11)8(6)10/h3-4H,5H2,1-2H3. The summed E-state index contributed by atoms with van der Waals surface area (Å²) in [6, 6.07) is 0. The molecule has 1 rings (SSSR count). The summed E-state index contributed by atoms with van der Waals surface area (Å²) in [5, 5.41) is 0. The molecule has 0 atom stereocenters. The summed E-state index contributed by atoms with van der Waals surface area (Å²) in [4.78, 5) is 22.1. The smallest absolute Gasteiger partial charge is 0.229 e. The lowest BCUT2D eigenvalue weighted by Crippen LogP contribution is -2.06. The van der Waals surface area contributed by atoms with Crippen molar-refractivity contribution in [3.8, 4) is 0 Å². The van der Waals surface area contributed by atoms with Gasteiger partial charge in [-0.15, -0.1) is 0 Å². The molecular formula is C9H10O2. The van der Waals surface area contributed by atoms with Crippen LogP contribution in [0.1, 0.15) is 20.3 Å². The van der Waals surface area contributed by atoms with Crippen LogP contribution in [0.3, 0.4) is 0 Å². The molecule has 0 bridgehead atoms. The lowest BCUT2D eigenvalue weighted by molar-refractivity contribution is -0.130. The van der Waals surface area contributed by atoms with E-state index in [9.17, 15) is 9.59 Å². The number of hydrogen-bond donors (Lipinski definition) is 0. The fourth-order valence-corrected chi connectivity index (χ4v) is 1.12. The van der Waals surface area contributed by atoms with E-state index in [1.807, 2.05) is 0 Å². The number of carbonyl (C=O) groups is 2. The van der Waals surface area contributed by atoms with Crippen molar-refractivity contribution >= 4 is 11.6 Å². The Hall–Kier alpha value is -1.18. The molecule has 1 saturated carbocycles. The number of allylic oxidation sites excluding steroid dienone is 4. The number of rotatable bonds is 0. The molecule has 58 valence electrons. The molecule has 0 aromatic heterocycles. The maximum Gasteiger partial charge on any atom is 0.229 e. The van der Waals surface area contributed by atoms with Crippen molar-refractivity contribution in [2.75, 3.05) is 0 Å². The van der Waals surface area contributed by atoms with Crippen LogP contribution in [0.5, 0.6) is 0 Å². The van der Waals surface area contributed by atoms with Crippen LogP contribution in [0.4, 0.5) is 0 Å². The van der Waals surface area contributed by atoms with Crippen molar-refractivity contribution in [2.45, 2.75) is 20.3 Å². The fourth-order valence-electron chi connectivity index (χ4n) is 1.12. The van der Waals surface area contributed by atoms with E-state index in [-0.39, 0.29) is 11.6 Å². The predicted molar refractivity (Wildman–Crippen MR) is 42.1 cm³/mol. The second-order valence-corrected chi connectivity index (χ2v) is 2.46. The molecule has 2 nitrogen and oxygen atoms in total. The Bertz CT molecular complexity index is 233. The van der Waals surface area contributed by atoms with Crippen LogP contribution in [0, 0.1) is 0 Å². The highest BCUT2D eigenvalue weighted by Crippen LogP contribution is 2.22. The van der Waals surface area contributed by atoms with Crippen molar-refractivity contribution in [1.29, 1.82) is 0 Å². The first-order valence-electron chi connectivity index (χ1n) is 3.60. The summed E-state index contributed by atoms with van der Waals surface area (Å²) in [7, 11) is 0. The second kappa shape index (κ2) is 2.82. The molecule has 1 fully saturated rings. The van der Waals surface area contributed by atoms with Crippen LogP contribution in [0.2, 0.25) is 0 Å². The van der Waals surface area contributed by atoms with Gasteiger partial charge in [-0.3, -0.25) is 9.59 Å². The van der Waals surface area contributed by atoms with E-state index in [4.69, 9.17) is 0 Å². The molecule has 0 aliphatic heterocycles. The van der Waals surface area contributed by atoms with Crippen LogP contribution < -0.4 is 0 Å². The first-order chi connectivity index (χ1) is 5.20. The molecule has 0 radical (unpaired) electrons. The van der Waals surface area contributed by atoms with Crippen LogP contribution in [-0.4, -0.2) is 11.6 Å². The van der Waals surface area contributed by atoms with Crippen LogP contribution >= 0.6 is 0 Å². The van der Waals surface area contributed by atoms with Gasteiger partial charge in [-0.1, -0.05) is 12.2 Å². The van der Waals surface area contributed by atoms with E-state index in [1.165, 1.54) is 0 Å². The van der Waals surface area contributed by atoms with E-state index >= 15 is 0 Å². The third-order valence-electron chi connectivity index (χ3n) is 1.87. The van der Waals surface area contributed by atoms with Gasteiger partial charge in [0.25, 0.3) is 0 Å². The molecule has 0 saturated heterocycles. The van der Waals surface area contributed by atoms with E-state index < -0.39 is 0 Å². The molecule has 1 aliphatic rings. The molecule has 0 heterocycles. The minimum Gasteiger partial charge on any atom is -0.285 e. The Morgan fingerprint density at radius 1 is 1.00 bits per heavy atom. The van der Waals surface area contributed by atoms with Gasteiger partial charge in [0.2, 0.25) is 11.6 Å². The summed E-state index contributed by atoms with van der Waals surface area (Å²) in [6.07, 6.45) is 3.93. The van der Waals surface area contributed by atoms with Gasteiger partial charge >= 0.3 is 0 Å². The predicted octanol–water partition coefficient (Wildman–Crippen LogP) is 1.42. The fraction of sp³-hybridized carbons (Fsp3) is 0.333. The largest absolute Gasteiger partial charge is 0.285 e. The van der Waals surface area contributed by atoms with Gasteiger partial charge in [-0.2, -0.15) is 0 Å². The van der Waals surface area contributed by atoms with Gasteiger partial charge in [0.05, 0.1) is 0 Å². The Morgan fingerprint density at radius 2 is 1.36 bits per heavy atom. The summed E-state index contributed by atoms with van der Waals surface area (Å²) >= 11 is 0. The highest BCUT2D eigenvalue weighted by atomic mass is 16.2. The monoisotopic (exact) mass is 150 g/mol. The average molecular weight is 150 g/mol. The summed E-state index contributed by atoms with van der Waals surface area (Å²) in [5.74, 6) is -0.666. The molecule has 2 heteroatoms. The van der Waals surface area contributed by atoms with Gasteiger partial charge in [-0.25, -0.2) is 0 Å². The molecule has 0 aromatic carbocycles. The first kappa shape index (κ1) is 7.92. The molecule has 0 N–H and O–H groups in total. The molecule has 0 spiro atoms. The van der Waals surface area contributed by atoms with E-state index in [1.54, 1.807) is 26.0 Å². The maximum absolute atomic E-state index is 11.0. The zero-order valence-electron chi connectivity index (χ0n) is 6.68. The van der Waals surface area contributed by atoms with Crippen molar-refractivity contribution in [3.05, 3.63) is 23.3 Å². The second-order valence-electron chi connectivity index (χ2n) is 2.46. The third-order valence-corrected chi connectivity index (χ3v) is 1.87. The zero-order valence-corrected chi connectivity index (χ0v) is 6.68. The minimum atomic E-state index is -0.333. The summed E-state index contributed by atoms with van der Waals surface area (Å²) in [5.41, 5.74) is 1.26. The van der Waals surface area contributed by atoms with Crippen molar-refractivity contribution in [1.82, 2.24) is 0 Å². The number of hydrogen-bond acceptors (Lipinski definition) is 2.